The Balaban J connectivity index is 2.90. The second kappa shape index (κ2) is 7.55. The Morgan fingerprint density at radius 2 is 1.61 bits per heavy atom. The van der Waals surface area contributed by atoms with Crippen LogP contribution in [0.25, 0.3) is 0 Å². The van der Waals surface area contributed by atoms with E-state index in [0.717, 1.165) is 19.6 Å². The van der Waals surface area contributed by atoms with Crippen LogP contribution >= 0.6 is 0 Å². The molecule has 0 aliphatic heterocycles. The Morgan fingerprint density at radius 3 is 2.06 bits per heavy atom. The normalized spacial score (nSPS) is 14.8. The number of hydrogen-bond donors (Lipinski definition) is 1. The van der Waals surface area contributed by atoms with Crippen molar-refractivity contribution in [2.24, 2.45) is 0 Å². The van der Waals surface area contributed by atoms with E-state index in [-0.39, 0.29) is 0 Å². The molecule has 2 atom stereocenters. The van der Waals surface area contributed by atoms with Gasteiger partial charge in [0.2, 0.25) is 0 Å². The SMILES string of the molecule is CCNC(c1ccc(C)cc1)C(C)N(CC)CC. The van der Waals surface area contributed by atoms with E-state index in [4.69, 9.17) is 0 Å². The van der Waals surface area contributed by atoms with Gasteiger partial charge in [-0.3, -0.25) is 4.90 Å². The molecule has 0 spiro atoms. The summed E-state index contributed by atoms with van der Waals surface area (Å²) in [5.41, 5.74) is 2.71. The zero-order valence-corrected chi connectivity index (χ0v) is 12.5. The Kier molecular flexibility index (Phi) is 6.37. The van der Waals surface area contributed by atoms with Crippen LogP contribution in [0.15, 0.2) is 24.3 Å². The molecule has 102 valence electrons. The van der Waals surface area contributed by atoms with Crippen LogP contribution in [0.2, 0.25) is 0 Å². The molecular weight excluding hydrogens is 220 g/mol. The van der Waals surface area contributed by atoms with Crippen molar-refractivity contribution < 1.29 is 0 Å². The van der Waals surface area contributed by atoms with Gasteiger partial charge in [0, 0.05) is 12.1 Å². The minimum atomic E-state index is 0.413. The molecule has 1 rings (SSSR count). The van der Waals surface area contributed by atoms with E-state index < -0.39 is 0 Å². The van der Waals surface area contributed by atoms with E-state index in [1.54, 1.807) is 0 Å². The van der Waals surface area contributed by atoms with Crippen molar-refractivity contribution in [2.75, 3.05) is 19.6 Å². The molecule has 1 aromatic rings. The Morgan fingerprint density at radius 1 is 1.06 bits per heavy atom. The lowest BCUT2D eigenvalue weighted by atomic mass is 9.98. The van der Waals surface area contributed by atoms with Crippen LogP contribution in [-0.2, 0) is 0 Å². The molecule has 0 amide bonds. The van der Waals surface area contributed by atoms with Crippen molar-refractivity contribution in [3.8, 4) is 0 Å². The number of nitrogens with zero attached hydrogens (tertiary/aromatic N) is 1. The summed E-state index contributed by atoms with van der Waals surface area (Å²) in [6.07, 6.45) is 0. The lowest BCUT2D eigenvalue weighted by Gasteiger charge is -2.34. The van der Waals surface area contributed by atoms with Crippen LogP contribution in [0.3, 0.4) is 0 Å². The first-order valence-corrected chi connectivity index (χ1v) is 7.17. The fourth-order valence-corrected chi connectivity index (χ4v) is 2.57. The molecule has 0 radical (unpaired) electrons. The lowest BCUT2D eigenvalue weighted by Crippen LogP contribution is -2.42. The molecule has 0 aliphatic carbocycles. The van der Waals surface area contributed by atoms with Crippen molar-refractivity contribution in [1.29, 1.82) is 0 Å². The summed E-state index contributed by atoms with van der Waals surface area (Å²) < 4.78 is 0. The van der Waals surface area contributed by atoms with E-state index in [0.29, 0.717) is 12.1 Å². The molecule has 2 unspecified atom stereocenters. The Hall–Kier alpha value is -0.860. The second-order valence-electron chi connectivity index (χ2n) is 4.91. The topological polar surface area (TPSA) is 15.3 Å². The third-order valence-electron chi connectivity index (χ3n) is 3.73. The molecule has 0 bridgehead atoms. The zero-order chi connectivity index (χ0) is 13.5. The predicted molar refractivity (Wildman–Crippen MR) is 80.0 cm³/mol. The lowest BCUT2D eigenvalue weighted by molar-refractivity contribution is 0.187. The fraction of sp³-hybridized carbons (Fsp3) is 0.625. The van der Waals surface area contributed by atoms with Crippen molar-refractivity contribution in [1.82, 2.24) is 10.2 Å². The average molecular weight is 248 g/mol. The summed E-state index contributed by atoms with van der Waals surface area (Å²) in [6.45, 7) is 14.3. The van der Waals surface area contributed by atoms with Gasteiger partial charge in [-0.25, -0.2) is 0 Å². The average Bonchev–Trinajstić information content (AvgIpc) is 2.38. The molecule has 0 fully saturated rings. The highest BCUT2D eigenvalue weighted by Crippen LogP contribution is 2.21. The number of aryl methyl sites for hydroxylation is 1. The predicted octanol–water partition coefficient (Wildman–Crippen LogP) is 3.38. The van der Waals surface area contributed by atoms with E-state index in [9.17, 15) is 0 Å². The maximum absolute atomic E-state index is 3.63. The highest BCUT2D eigenvalue weighted by molar-refractivity contribution is 5.25. The van der Waals surface area contributed by atoms with Crippen LogP contribution in [0, 0.1) is 6.92 Å². The highest BCUT2D eigenvalue weighted by atomic mass is 15.2. The van der Waals surface area contributed by atoms with Gasteiger partial charge >= 0.3 is 0 Å². The molecule has 0 heterocycles. The molecule has 1 aromatic carbocycles. The van der Waals surface area contributed by atoms with Crippen LogP contribution in [-0.4, -0.2) is 30.6 Å². The van der Waals surface area contributed by atoms with Crippen LogP contribution in [0.4, 0.5) is 0 Å². The summed E-state index contributed by atoms with van der Waals surface area (Å²) in [5.74, 6) is 0. The molecule has 0 aliphatic rings. The monoisotopic (exact) mass is 248 g/mol. The minimum absolute atomic E-state index is 0.413. The first-order chi connectivity index (χ1) is 8.63. The molecule has 1 N–H and O–H groups in total. The zero-order valence-electron chi connectivity index (χ0n) is 12.5. The van der Waals surface area contributed by atoms with Crippen molar-refractivity contribution >= 4 is 0 Å². The van der Waals surface area contributed by atoms with Gasteiger partial charge in [-0.2, -0.15) is 0 Å². The van der Waals surface area contributed by atoms with Gasteiger partial charge in [-0.1, -0.05) is 50.6 Å². The molecule has 2 nitrogen and oxygen atoms in total. The van der Waals surface area contributed by atoms with Crippen LogP contribution < -0.4 is 5.32 Å². The maximum Gasteiger partial charge on any atom is 0.0475 e. The van der Waals surface area contributed by atoms with Gasteiger partial charge in [0.1, 0.15) is 0 Å². The van der Waals surface area contributed by atoms with Gasteiger partial charge in [-0.05, 0) is 39.0 Å². The third-order valence-corrected chi connectivity index (χ3v) is 3.73. The maximum atomic E-state index is 3.63. The number of nitrogens with one attached hydrogen (secondary N) is 1. The van der Waals surface area contributed by atoms with Gasteiger partial charge < -0.3 is 5.32 Å². The molecule has 18 heavy (non-hydrogen) atoms. The minimum Gasteiger partial charge on any atom is -0.309 e. The number of likely N-dealkylation sites (N-methyl/N-ethyl adjacent to an activating group) is 2. The Bertz CT molecular complexity index is 327. The number of hydrogen-bond acceptors (Lipinski definition) is 2. The second-order valence-corrected chi connectivity index (χ2v) is 4.91. The van der Waals surface area contributed by atoms with Crippen LogP contribution in [0.5, 0.6) is 0 Å². The van der Waals surface area contributed by atoms with Gasteiger partial charge in [0.05, 0.1) is 0 Å². The Labute approximate surface area is 112 Å². The smallest absolute Gasteiger partial charge is 0.0475 e. The van der Waals surface area contributed by atoms with Gasteiger partial charge in [0.25, 0.3) is 0 Å². The standard InChI is InChI=1S/C16H28N2/c1-6-17-16(14(5)18(7-2)8-3)15-11-9-13(4)10-12-15/h9-12,14,16-17H,6-8H2,1-5H3. The largest absolute Gasteiger partial charge is 0.309 e. The van der Waals surface area contributed by atoms with E-state index in [1.807, 2.05) is 0 Å². The number of benzene rings is 1. The summed E-state index contributed by atoms with van der Waals surface area (Å²) in [6, 6.07) is 9.84. The van der Waals surface area contributed by atoms with Crippen molar-refractivity contribution in [2.45, 2.75) is 46.7 Å². The van der Waals surface area contributed by atoms with Crippen LogP contribution in [0.1, 0.15) is 44.9 Å². The van der Waals surface area contributed by atoms with Crippen molar-refractivity contribution in [3.05, 3.63) is 35.4 Å². The summed E-state index contributed by atoms with van der Waals surface area (Å²) in [7, 11) is 0. The highest BCUT2D eigenvalue weighted by Gasteiger charge is 2.22. The van der Waals surface area contributed by atoms with Gasteiger partial charge in [0.15, 0.2) is 0 Å². The van der Waals surface area contributed by atoms with E-state index >= 15 is 0 Å². The fourth-order valence-electron chi connectivity index (χ4n) is 2.57. The summed E-state index contributed by atoms with van der Waals surface area (Å²) in [4.78, 5) is 2.51. The molecule has 0 aromatic heterocycles. The molecule has 0 saturated heterocycles. The first-order valence-electron chi connectivity index (χ1n) is 7.17. The molecular formula is C16H28N2. The molecule has 0 saturated carbocycles. The van der Waals surface area contributed by atoms with E-state index in [1.165, 1.54) is 11.1 Å². The number of rotatable bonds is 7. The van der Waals surface area contributed by atoms with Crippen molar-refractivity contribution in [3.63, 3.8) is 0 Å². The first kappa shape index (κ1) is 15.2. The summed E-state index contributed by atoms with van der Waals surface area (Å²) in [5, 5.41) is 3.63. The van der Waals surface area contributed by atoms with E-state index in [2.05, 4.69) is 69.1 Å². The molecule has 2 heteroatoms. The summed E-state index contributed by atoms with van der Waals surface area (Å²) >= 11 is 0. The quantitative estimate of drug-likeness (QED) is 0.796. The van der Waals surface area contributed by atoms with Gasteiger partial charge in [-0.15, -0.1) is 0 Å². The third kappa shape index (κ3) is 3.82.